The third-order valence-electron chi connectivity index (χ3n) is 7.61. The maximum atomic E-state index is 14.9. The topological polar surface area (TPSA) is 154 Å². The molecule has 0 amide bonds. The quantitative estimate of drug-likeness (QED) is 0.276. The Morgan fingerprint density at radius 1 is 1.14 bits per heavy atom. The fourth-order valence-corrected chi connectivity index (χ4v) is 5.41. The van der Waals surface area contributed by atoms with E-state index in [1.165, 1.54) is 10.6 Å². The van der Waals surface area contributed by atoms with Crippen LogP contribution < -0.4 is 21.1 Å². The first-order valence-electron chi connectivity index (χ1n) is 13.5. The van der Waals surface area contributed by atoms with Gasteiger partial charge in [-0.05, 0) is 30.3 Å². The molecule has 1 aliphatic rings. The van der Waals surface area contributed by atoms with Crippen molar-refractivity contribution in [2.24, 2.45) is 7.05 Å². The summed E-state index contributed by atoms with van der Waals surface area (Å²) >= 11 is 0. The van der Waals surface area contributed by atoms with E-state index in [0.29, 0.717) is 71.4 Å². The molecule has 1 fully saturated rings. The molecule has 3 N–H and O–H groups in total. The Labute approximate surface area is 237 Å². The zero-order valence-corrected chi connectivity index (χ0v) is 22.8. The highest BCUT2D eigenvalue weighted by atomic mass is 19.1. The molecule has 6 heterocycles. The summed E-state index contributed by atoms with van der Waals surface area (Å²) < 4.78 is 30.8. The summed E-state index contributed by atoms with van der Waals surface area (Å²) in [5.74, 6) is 0.869. The van der Waals surface area contributed by atoms with Crippen molar-refractivity contribution in [1.82, 2.24) is 44.0 Å². The van der Waals surface area contributed by atoms with Crippen LogP contribution in [0.1, 0.15) is 5.69 Å². The standard InChI is InChI=1S/C27H28FN11O3/c1-35-24-22-14-20(23-3-2-12-41-23)33-39(22)26(29)31-25(24)38(27(35)40)11-8-36-6-9-37(10-7-36)21-5-4-18(13-19(21)28)42-16-17-15-30-34-32-17/h2-5,12-15H,6-11,16H2,1H3,(H2,29,31)(H,30,32,34). The predicted molar refractivity (Wildman–Crippen MR) is 152 cm³/mol. The summed E-state index contributed by atoms with van der Waals surface area (Å²) in [5.41, 5.74) is 9.67. The Bertz CT molecular complexity index is 1920. The lowest BCUT2D eigenvalue weighted by Crippen LogP contribution is -2.47. The number of aromatic amines is 1. The molecule has 1 aromatic carbocycles. The lowest BCUT2D eigenvalue weighted by Gasteiger charge is -2.36. The molecule has 15 heteroatoms. The van der Waals surface area contributed by atoms with Crippen LogP contribution in [-0.4, -0.2) is 76.8 Å². The van der Waals surface area contributed by atoms with Gasteiger partial charge >= 0.3 is 5.69 Å². The molecule has 0 aliphatic carbocycles. The van der Waals surface area contributed by atoms with Crippen LogP contribution in [0.15, 0.2) is 58.1 Å². The van der Waals surface area contributed by atoms with E-state index in [1.807, 2.05) is 17.0 Å². The third kappa shape index (κ3) is 4.52. The van der Waals surface area contributed by atoms with Crippen LogP contribution in [0.2, 0.25) is 0 Å². The number of anilines is 2. The molecule has 0 bridgehead atoms. The van der Waals surface area contributed by atoms with Gasteiger partial charge in [0.2, 0.25) is 5.95 Å². The summed E-state index contributed by atoms with van der Waals surface area (Å²) in [6.45, 7) is 4.01. The smallest absolute Gasteiger partial charge is 0.330 e. The number of hydrogen-bond donors (Lipinski definition) is 2. The number of H-pyrrole nitrogens is 1. The molecule has 6 aromatic rings. The van der Waals surface area contributed by atoms with Gasteiger partial charge in [-0.1, -0.05) is 0 Å². The number of imidazole rings is 1. The fraction of sp³-hybridized carbons (Fsp3) is 0.296. The summed E-state index contributed by atoms with van der Waals surface area (Å²) in [7, 11) is 1.72. The third-order valence-corrected chi connectivity index (χ3v) is 7.61. The second-order valence-corrected chi connectivity index (χ2v) is 10.1. The number of rotatable bonds is 8. The predicted octanol–water partition coefficient (Wildman–Crippen LogP) is 1.88. The Morgan fingerprint density at radius 3 is 2.74 bits per heavy atom. The lowest BCUT2D eigenvalue weighted by molar-refractivity contribution is 0.247. The fourth-order valence-electron chi connectivity index (χ4n) is 5.41. The van der Waals surface area contributed by atoms with Gasteiger partial charge in [0.25, 0.3) is 0 Å². The van der Waals surface area contributed by atoms with Crippen molar-refractivity contribution in [2.75, 3.05) is 43.4 Å². The number of aryl methyl sites for hydroxylation is 1. The molecule has 216 valence electrons. The van der Waals surface area contributed by atoms with Crippen LogP contribution >= 0.6 is 0 Å². The zero-order valence-electron chi connectivity index (χ0n) is 22.8. The lowest BCUT2D eigenvalue weighted by atomic mass is 10.2. The van der Waals surface area contributed by atoms with E-state index in [-0.39, 0.29) is 24.1 Å². The number of hydrogen-bond acceptors (Lipinski definition) is 10. The number of aromatic nitrogens is 8. The van der Waals surface area contributed by atoms with Crippen molar-refractivity contribution in [3.63, 3.8) is 0 Å². The molecule has 0 radical (unpaired) electrons. The first kappa shape index (κ1) is 25.8. The van der Waals surface area contributed by atoms with E-state index in [0.717, 1.165) is 13.1 Å². The number of nitrogens with two attached hydrogens (primary N) is 1. The minimum absolute atomic E-state index is 0.180. The molecule has 0 saturated carbocycles. The summed E-state index contributed by atoms with van der Waals surface area (Å²) in [5, 5.41) is 14.7. The Balaban J connectivity index is 1.03. The number of nitrogens with one attached hydrogen (secondary N) is 1. The summed E-state index contributed by atoms with van der Waals surface area (Å²) in [6.07, 6.45) is 3.14. The monoisotopic (exact) mass is 573 g/mol. The second kappa shape index (κ2) is 10.3. The van der Waals surface area contributed by atoms with Crippen molar-refractivity contribution in [2.45, 2.75) is 13.2 Å². The normalized spacial score (nSPS) is 14.4. The molecule has 0 atom stereocenters. The van der Waals surface area contributed by atoms with E-state index in [4.69, 9.17) is 14.9 Å². The van der Waals surface area contributed by atoms with E-state index >= 15 is 0 Å². The molecular weight excluding hydrogens is 545 g/mol. The highest BCUT2D eigenvalue weighted by Gasteiger charge is 2.23. The number of benzene rings is 1. The van der Waals surface area contributed by atoms with Gasteiger partial charge in [0.05, 0.1) is 23.7 Å². The SMILES string of the molecule is Cn1c(=O)n(CCN2CCN(c3ccc(OCc4cn[nH]n4)cc3F)CC2)c2nc(N)n3nc(-c4ccco4)cc3c21. The molecule has 7 rings (SSSR count). The highest BCUT2D eigenvalue weighted by Crippen LogP contribution is 2.27. The first-order chi connectivity index (χ1) is 20.5. The largest absolute Gasteiger partial charge is 0.487 e. The Morgan fingerprint density at radius 2 is 2.00 bits per heavy atom. The molecule has 42 heavy (non-hydrogen) atoms. The van der Waals surface area contributed by atoms with Gasteiger partial charge in [-0.25, -0.2) is 9.18 Å². The van der Waals surface area contributed by atoms with Crippen molar-refractivity contribution in [1.29, 1.82) is 0 Å². The maximum absolute atomic E-state index is 14.9. The van der Waals surface area contributed by atoms with E-state index in [2.05, 4.69) is 30.4 Å². The van der Waals surface area contributed by atoms with Gasteiger partial charge in [-0.3, -0.25) is 14.0 Å². The Hall–Kier alpha value is -5.18. The highest BCUT2D eigenvalue weighted by molar-refractivity contribution is 5.91. The minimum atomic E-state index is -0.339. The summed E-state index contributed by atoms with van der Waals surface area (Å²) in [6, 6.07) is 10.3. The van der Waals surface area contributed by atoms with Crippen LogP contribution in [0.3, 0.4) is 0 Å². The van der Waals surface area contributed by atoms with Gasteiger partial charge in [0.1, 0.15) is 35.1 Å². The van der Waals surface area contributed by atoms with Gasteiger partial charge in [0.15, 0.2) is 11.4 Å². The van der Waals surface area contributed by atoms with Crippen molar-refractivity contribution >= 4 is 28.3 Å². The van der Waals surface area contributed by atoms with Crippen LogP contribution in [0, 0.1) is 5.82 Å². The van der Waals surface area contributed by atoms with Gasteiger partial charge < -0.3 is 19.8 Å². The number of fused-ring (bicyclic) bond motifs is 3. The number of halogens is 1. The molecule has 0 unspecified atom stereocenters. The van der Waals surface area contributed by atoms with Gasteiger partial charge in [-0.2, -0.15) is 30.0 Å². The average molecular weight is 574 g/mol. The van der Waals surface area contributed by atoms with Crippen molar-refractivity contribution in [3.05, 3.63) is 70.9 Å². The second-order valence-electron chi connectivity index (χ2n) is 10.1. The zero-order chi connectivity index (χ0) is 28.8. The summed E-state index contributed by atoms with van der Waals surface area (Å²) in [4.78, 5) is 22.1. The number of furan rings is 1. The first-order valence-corrected chi connectivity index (χ1v) is 13.5. The number of nitrogen functional groups attached to an aromatic ring is 1. The Kier molecular flexibility index (Phi) is 6.34. The molecule has 5 aromatic heterocycles. The van der Waals surface area contributed by atoms with E-state index in [9.17, 15) is 9.18 Å². The molecule has 0 spiro atoms. The number of ether oxygens (including phenoxy) is 1. The van der Waals surface area contributed by atoms with Crippen LogP contribution in [0.5, 0.6) is 5.75 Å². The molecule has 1 aliphatic heterocycles. The van der Waals surface area contributed by atoms with Crippen LogP contribution in [0.4, 0.5) is 16.0 Å². The van der Waals surface area contributed by atoms with Crippen molar-refractivity contribution in [3.8, 4) is 17.2 Å². The van der Waals surface area contributed by atoms with Crippen molar-refractivity contribution < 1.29 is 13.5 Å². The van der Waals surface area contributed by atoms with Gasteiger partial charge in [-0.15, -0.1) is 0 Å². The van der Waals surface area contributed by atoms with E-state index in [1.54, 1.807) is 46.8 Å². The maximum Gasteiger partial charge on any atom is 0.330 e. The number of piperazine rings is 1. The van der Waals surface area contributed by atoms with Crippen LogP contribution in [-0.2, 0) is 20.2 Å². The molecule has 1 saturated heterocycles. The molecular formula is C27H28FN11O3. The average Bonchev–Trinajstić information content (AvgIpc) is 3.80. The number of nitrogens with zero attached hydrogens (tertiary/aromatic N) is 9. The van der Waals surface area contributed by atoms with Gasteiger partial charge in [0, 0.05) is 52.4 Å². The molecule has 14 nitrogen and oxygen atoms in total. The van der Waals surface area contributed by atoms with Crippen LogP contribution in [0.25, 0.3) is 28.1 Å². The minimum Gasteiger partial charge on any atom is -0.487 e. The van der Waals surface area contributed by atoms with E-state index < -0.39 is 0 Å².